The maximum absolute atomic E-state index is 10.3. The number of hydrogen-bond donors (Lipinski definition) is 0. The fourth-order valence-corrected chi connectivity index (χ4v) is 2.77. The Hall–Kier alpha value is -1.25. The first-order chi connectivity index (χ1) is 7.35. The molecule has 0 radical (unpaired) electrons. The number of methoxy groups -OCH3 is 1. The van der Waals surface area contributed by atoms with E-state index in [0.29, 0.717) is 0 Å². The van der Waals surface area contributed by atoms with Crippen LogP contribution in [0.1, 0.15) is 18.0 Å². The van der Waals surface area contributed by atoms with Gasteiger partial charge in [-0.15, -0.1) is 11.8 Å². The van der Waals surface area contributed by atoms with E-state index in [-0.39, 0.29) is 6.04 Å². The first-order valence-electron chi connectivity index (χ1n) is 4.73. The topological polar surface area (TPSA) is 38.7 Å². The second-order valence-electron chi connectivity index (χ2n) is 3.28. The zero-order valence-corrected chi connectivity index (χ0v) is 9.21. The molecule has 1 aliphatic rings. The SMILES string of the molecule is COc1ccc2c(c1)C(N=C=O)CCS2. The van der Waals surface area contributed by atoms with Gasteiger partial charge < -0.3 is 4.74 Å². The number of rotatable bonds is 2. The Morgan fingerprint density at radius 1 is 1.60 bits per heavy atom. The fourth-order valence-electron chi connectivity index (χ4n) is 1.68. The minimum absolute atomic E-state index is 0.0474. The first-order valence-corrected chi connectivity index (χ1v) is 5.71. The van der Waals surface area contributed by atoms with Crippen LogP contribution in [0, 0.1) is 0 Å². The molecule has 1 aliphatic heterocycles. The Bertz CT molecular complexity index is 413. The van der Waals surface area contributed by atoms with Crippen molar-refractivity contribution in [1.82, 2.24) is 0 Å². The molecule has 0 bridgehead atoms. The molecule has 4 heteroatoms. The van der Waals surface area contributed by atoms with E-state index in [1.807, 2.05) is 18.2 Å². The summed E-state index contributed by atoms with van der Waals surface area (Å²) in [5.74, 6) is 1.80. The average molecular weight is 221 g/mol. The van der Waals surface area contributed by atoms with E-state index in [1.165, 1.54) is 4.90 Å². The van der Waals surface area contributed by atoms with Gasteiger partial charge in [-0.1, -0.05) is 0 Å². The van der Waals surface area contributed by atoms with Crippen LogP contribution < -0.4 is 4.74 Å². The number of aliphatic imine (C=N–C) groups is 1. The quantitative estimate of drug-likeness (QED) is 0.569. The van der Waals surface area contributed by atoms with Crippen molar-refractivity contribution in [2.24, 2.45) is 4.99 Å². The van der Waals surface area contributed by atoms with Gasteiger partial charge in [0.1, 0.15) is 5.75 Å². The van der Waals surface area contributed by atoms with E-state index in [4.69, 9.17) is 4.74 Å². The van der Waals surface area contributed by atoms with Gasteiger partial charge in [0.25, 0.3) is 0 Å². The number of benzene rings is 1. The van der Waals surface area contributed by atoms with Crippen LogP contribution in [0.4, 0.5) is 0 Å². The molecule has 0 N–H and O–H groups in total. The molecular weight excluding hydrogens is 210 g/mol. The Labute approximate surface area is 92.5 Å². The maximum Gasteiger partial charge on any atom is 0.235 e. The third-order valence-corrected chi connectivity index (χ3v) is 3.56. The zero-order valence-electron chi connectivity index (χ0n) is 8.40. The minimum Gasteiger partial charge on any atom is -0.497 e. The van der Waals surface area contributed by atoms with Crippen molar-refractivity contribution in [3.8, 4) is 5.75 Å². The third-order valence-electron chi connectivity index (χ3n) is 2.43. The predicted octanol–water partition coefficient (Wildman–Crippen LogP) is 2.57. The standard InChI is InChI=1S/C11H11NO2S/c1-14-8-2-3-11-9(6-8)10(12-7-13)4-5-15-11/h2-3,6,10H,4-5H2,1H3. The van der Waals surface area contributed by atoms with Gasteiger partial charge in [0.2, 0.25) is 6.08 Å². The molecule has 0 aromatic heterocycles. The number of ether oxygens (including phenoxy) is 1. The van der Waals surface area contributed by atoms with Crippen LogP contribution in [-0.2, 0) is 4.79 Å². The van der Waals surface area contributed by atoms with E-state index in [1.54, 1.807) is 25.0 Å². The van der Waals surface area contributed by atoms with Crippen molar-refractivity contribution in [1.29, 1.82) is 0 Å². The normalized spacial score (nSPS) is 18.9. The Balaban J connectivity index is 2.43. The van der Waals surface area contributed by atoms with Gasteiger partial charge in [-0.3, -0.25) is 0 Å². The van der Waals surface area contributed by atoms with Crippen molar-refractivity contribution in [3.05, 3.63) is 23.8 Å². The molecule has 1 atom stereocenters. The van der Waals surface area contributed by atoms with E-state index in [0.717, 1.165) is 23.5 Å². The summed E-state index contributed by atoms with van der Waals surface area (Å²) in [4.78, 5) is 15.3. The van der Waals surface area contributed by atoms with Crippen LogP contribution in [-0.4, -0.2) is 18.9 Å². The van der Waals surface area contributed by atoms with Gasteiger partial charge in [0.15, 0.2) is 0 Å². The summed E-state index contributed by atoms with van der Waals surface area (Å²) in [7, 11) is 1.63. The number of fused-ring (bicyclic) bond motifs is 1. The molecule has 78 valence electrons. The lowest BCUT2D eigenvalue weighted by Gasteiger charge is -2.21. The van der Waals surface area contributed by atoms with Gasteiger partial charge in [0.05, 0.1) is 13.2 Å². The van der Waals surface area contributed by atoms with Crippen LogP contribution in [0.15, 0.2) is 28.1 Å². The van der Waals surface area contributed by atoms with Crippen LogP contribution >= 0.6 is 11.8 Å². The molecule has 1 unspecified atom stereocenters. The molecule has 1 heterocycles. The summed E-state index contributed by atoms with van der Waals surface area (Å²) in [5, 5.41) is 0. The smallest absolute Gasteiger partial charge is 0.235 e. The van der Waals surface area contributed by atoms with E-state index < -0.39 is 0 Å². The number of nitrogens with zero attached hydrogens (tertiary/aromatic N) is 1. The highest BCUT2D eigenvalue weighted by Crippen LogP contribution is 2.39. The highest BCUT2D eigenvalue weighted by molar-refractivity contribution is 7.99. The lowest BCUT2D eigenvalue weighted by Crippen LogP contribution is -2.05. The molecule has 0 aliphatic carbocycles. The van der Waals surface area contributed by atoms with E-state index >= 15 is 0 Å². The summed E-state index contributed by atoms with van der Waals surface area (Å²) in [5.41, 5.74) is 1.08. The molecule has 1 aromatic rings. The molecule has 0 saturated carbocycles. The summed E-state index contributed by atoms with van der Waals surface area (Å²) in [6.07, 6.45) is 2.53. The fraction of sp³-hybridized carbons (Fsp3) is 0.364. The van der Waals surface area contributed by atoms with Crippen molar-refractivity contribution in [3.63, 3.8) is 0 Å². The average Bonchev–Trinajstić information content (AvgIpc) is 2.29. The number of isocyanates is 1. The summed E-state index contributed by atoms with van der Waals surface area (Å²) >= 11 is 1.79. The Kier molecular flexibility index (Phi) is 3.09. The lowest BCUT2D eigenvalue weighted by molar-refractivity contribution is 0.413. The molecule has 2 rings (SSSR count). The van der Waals surface area contributed by atoms with Gasteiger partial charge in [-0.2, -0.15) is 4.99 Å². The highest BCUT2D eigenvalue weighted by atomic mass is 32.2. The first kappa shape index (κ1) is 10.3. The van der Waals surface area contributed by atoms with Crippen LogP contribution in [0.2, 0.25) is 0 Å². The van der Waals surface area contributed by atoms with Crippen LogP contribution in [0.3, 0.4) is 0 Å². The monoisotopic (exact) mass is 221 g/mol. The summed E-state index contributed by atoms with van der Waals surface area (Å²) < 4.78 is 5.16. The van der Waals surface area contributed by atoms with Gasteiger partial charge in [0, 0.05) is 10.6 Å². The zero-order chi connectivity index (χ0) is 10.7. The lowest BCUT2D eigenvalue weighted by atomic mass is 10.0. The summed E-state index contributed by atoms with van der Waals surface area (Å²) in [6.45, 7) is 0. The van der Waals surface area contributed by atoms with Crippen molar-refractivity contribution in [2.45, 2.75) is 17.4 Å². The largest absolute Gasteiger partial charge is 0.497 e. The number of carbonyl (C=O) groups excluding carboxylic acids is 1. The van der Waals surface area contributed by atoms with Gasteiger partial charge in [-0.05, 0) is 30.2 Å². The van der Waals surface area contributed by atoms with E-state index in [9.17, 15) is 4.79 Å². The highest BCUT2D eigenvalue weighted by Gasteiger charge is 2.20. The second-order valence-corrected chi connectivity index (χ2v) is 4.41. The number of thioether (sulfide) groups is 1. The number of hydrogen-bond acceptors (Lipinski definition) is 4. The molecule has 3 nitrogen and oxygen atoms in total. The predicted molar refractivity (Wildman–Crippen MR) is 59.2 cm³/mol. The molecule has 15 heavy (non-hydrogen) atoms. The van der Waals surface area contributed by atoms with Crippen LogP contribution in [0.25, 0.3) is 0 Å². The Morgan fingerprint density at radius 2 is 2.47 bits per heavy atom. The molecule has 0 fully saturated rings. The molecule has 0 amide bonds. The van der Waals surface area contributed by atoms with Crippen molar-refractivity contribution in [2.75, 3.05) is 12.9 Å². The molecule has 0 spiro atoms. The Morgan fingerprint density at radius 3 is 3.20 bits per heavy atom. The second kappa shape index (κ2) is 4.51. The maximum atomic E-state index is 10.3. The molecule has 0 saturated heterocycles. The third kappa shape index (κ3) is 2.06. The van der Waals surface area contributed by atoms with Gasteiger partial charge >= 0.3 is 0 Å². The van der Waals surface area contributed by atoms with Crippen molar-refractivity contribution < 1.29 is 9.53 Å². The van der Waals surface area contributed by atoms with Gasteiger partial charge in [-0.25, -0.2) is 4.79 Å². The summed E-state index contributed by atoms with van der Waals surface area (Å²) in [6, 6.07) is 5.85. The molecular formula is C11H11NO2S. The van der Waals surface area contributed by atoms with E-state index in [2.05, 4.69) is 4.99 Å². The minimum atomic E-state index is -0.0474. The van der Waals surface area contributed by atoms with Crippen molar-refractivity contribution >= 4 is 17.8 Å². The van der Waals surface area contributed by atoms with Crippen LogP contribution in [0.5, 0.6) is 5.75 Å². The molecule has 1 aromatic carbocycles.